The Kier molecular flexibility index (Phi) is 10.8. The highest BCUT2D eigenvalue weighted by Crippen LogP contribution is 2.31. The van der Waals surface area contributed by atoms with Crippen LogP contribution in [-0.4, -0.2) is 43.8 Å². The fourth-order valence-corrected chi connectivity index (χ4v) is 6.90. The summed E-state index contributed by atoms with van der Waals surface area (Å²) in [6.07, 6.45) is 4.23. The van der Waals surface area contributed by atoms with Gasteiger partial charge < -0.3 is 10.2 Å². The average molecular weight is 651 g/mol. The molecule has 0 aromatic heterocycles. The van der Waals surface area contributed by atoms with Crippen molar-refractivity contribution >= 4 is 62.3 Å². The number of nitrogens with one attached hydrogen (secondary N) is 1. The number of hydrogen-bond donors (Lipinski definition) is 1. The molecule has 0 heterocycles. The molecule has 1 saturated carbocycles. The van der Waals surface area contributed by atoms with Crippen LogP contribution in [0.2, 0.25) is 15.1 Å². The number of sulfonamides is 1. The van der Waals surface area contributed by atoms with Crippen LogP contribution in [0.25, 0.3) is 0 Å². The van der Waals surface area contributed by atoms with E-state index in [9.17, 15) is 18.0 Å². The third-order valence-corrected chi connectivity index (χ3v) is 10.2. The molecule has 7 nitrogen and oxygen atoms in total. The summed E-state index contributed by atoms with van der Waals surface area (Å²) in [7, 11) is -4.21. The lowest BCUT2D eigenvalue weighted by atomic mass is 10.1. The number of nitrogens with zero attached hydrogens (tertiary/aromatic N) is 2. The van der Waals surface area contributed by atoms with Gasteiger partial charge in [-0.25, -0.2) is 8.42 Å². The largest absolute Gasteiger partial charge is 0.352 e. The van der Waals surface area contributed by atoms with Crippen LogP contribution in [0.3, 0.4) is 0 Å². The quantitative estimate of drug-likeness (QED) is 0.242. The molecule has 1 aliphatic carbocycles. The highest BCUT2D eigenvalue weighted by Gasteiger charge is 2.34. The van der Waals surface area contributed by atoms with Gasteiger partial charge >= 0.3 is 0 Å². The Hall–Kier alpha value is -2.78. The van der Waals surface area contributed by atoms with Crippen molar-refractivity contribution in [3.8, 4) is 0 Å². The van der Waals surface area contributed by atoms with Crippen LogP contribution in [0.1, 0.15) is 50.2 Å². The average Bonchev–Trinajstić information content (AvgIpc) is 3.47. The van der Waals surface area contributed by atoms with Gasteiger partial charge in [0.1, 0.15) is 12.6 Å². The molecule has 1 atom stereocenters. The van der Waals surface area contributed by atoms with Crippen LogP contribution in [-0.2, 0) is 26.2 Å². The molecule has 3 aromatic carbocycles. The van der Waals surface area contributed by atoms with E-state index in [2.05, 4.69) is 5.32 Å². The molecule has 0 aliphatic heterocycles. The third-order valence-electron chi connectivity index (χ3n) is 7.43. The molecule has 2 amide bonds. The number of anilines is 1. The van der Waals surface area contributed by atoms with Crippen LogP contribution < -0.4 is 9.62 Å². The van der Waals surface area contributed by atoms with Crippen LogP contribution >= 0.6 is 34.8 Å². The van der Waals surface area contributed by atoms with Crippen LogP contribution in [0.5, 0.6) is 0 Å². The monoisotopic (exact) mass is 649 g/mol. The van der Waals surface area contributed by atoms with Crippen molar-refractivity contribution < 1.29 is 18.0 Å². The van der Waals surface area contributed by atoms with Crippen molar-refractivity contribution in [3.05, 3.63) is 92.9 Å². The molecular weight excluding hydrogens is 617 g/mol. The van der Waals surface area contributed by atoms with Gasteiger partial charge in [0.15, 0.2) is 0 Å². The Morgan fingerprint density at radius 2 is 1.57 bits per heavy atom. The molecule has 1 aliphatic rings. The maximum atomic E-state index is 14.2. The molecule has 3 aromatic rings. The van der Waals surface area contributed by atoms with Gasteiger partial charge in [0, 0.05) is 17.6 Å². The van der Waals surface area contributed by atoms with Gasteiger partial charge in [-0.15, -0.1) is 0 Å². The molecule has 1 N–H and O–H groups in total. The van der Waals surface area contributed by atoms with Gasteiger partial charge in [-0.2, -0.15) is 0 Å². The Balaban J connectivity index is 1.73. The summed E-state index contributed by atoms with van der Waals surface area (Å²) in [5, 5.41) is 4.03. The van der Waals surface area contributed by atoms with E-state index in [1.807, 2.05) is 13.8 Å². The zero-order chi connectivity index (χ0) is 30.4. The number of amides is 2. The Morgan fingerprint density at radius 3 is 2.17 bits per heavy atom. The first kappa shape index (κ1) is 32.1. The van der Waals surface area contributed by atoms with E-state index < -0.39 is 28.5 Å². The summed E-state index contributed by atoms with van der Waals surface area (Å²) >= 11 is 18.5. The first-order valence-electron chi connectivity index (χ1n) is 13.9. The number of aryl methyl sites for hydroxylation is 1. The maximum Gasteiger partial charge on any atom is 0.264 e. The van der Waals surface area contributed by atoms with Crippen molar-refractivity contribution in [2.24, 2.45) is 0 Å². The lowest BCUT2D eigenvalue weighted by Gasteiger charge is -2.34. The van der Waals surface area contributed by atoms with E-state index in [1.165, 1.54) is 35.2 Å². The molecule has 0 saturated heterocycles. The summed E-state index contributed by atoms with van der Waals surface area (Å²) in [5.74, 6) is -0.797. The SMILES string of the molecule is CCC(C(=O)NC1CCCC1)N(Cc1ccc(Cl)cc1)C(=O)CN(c1ccc(Cl)c(Cl)c1)S(=O)(=O)c1ccc(C)cc1. The van der Waals surface area contributed by atoms with E-state index in [-0.39, 0.29) is 39.1 Å². The summed E-state index contributed by atoms with van der Waals surface area (Å²) < 4.78 is 29.0. The minimum Gasteiger partial charge on any atom is -0.352 e. The highest BCUT2D eigenvalue weighted by molar-refractivity contribution is 7.92. The molecule has 4 rings (SSSR count). The molecule has 1 unspecified atom stereocenters. The van der Waals surface area contributed by atoms with Gasteiger partial charge in [-0.05, 0) is 74.2 Å². The van der Waals surface area contributed by atoms with Gasteiger partial charge in [0.25, 0.3) is 10.0 Å². The fraction of sp³-hybridized carbons (Fsp3) is 0.355. The smallest absolute Gasteiger partial charge is 0.264 e. The normalized spacial score (nSPS) is 14.4. The van der Waals surface area contributed by atoms with Crippen LogP contribution in [0.4, 0.5) is 5.69 Å². The number of carbonyl (C=O) groups excluding carboxylic acids is 2. The van der Waals surface area contributed by atoms with Crippen molar-refractivity contribution in [2.75, 3.05) is 10.8 Å². The molecule has 1 fully saturated rings. The van der Waals surface area contributed by atoms with Crippen LogP contribution in [0.15, 0.2) is 71.6 Å². The van der Waals surface area contributed by atoms with E-state index in [1.54, 1.807) is 36.4 Å². The summed E-state index contributed by atoms with van der Waals surface area (Å²) in [5.41, 5.74) is 1.81. The Morgan fingerprint density at radius 1 is 0.929 bits per heavy atom. The number of benzene rings is 3. The minimum absolute atomic E-state index is 0.0160. The molecule has 0 spiro atoms. The fourth-order valence-electron chi connectivity index (χ4n) is 5.08. The van der Waals surface area contributed by atoms with E-state index in [4.69, 9.17) is 34.8 Å². The van der Waals surface area contributed by atoms with Gasteiger partial charge in [-0.1, -0.05) is 84.4 Å². The molecule has 224 valence electrons. The summed E-state index contributed by atoms with van der Waals surface area (Å²) in [4.78, 5) is 29.2. The Bertz CT molecular complexity index is 1510. The second-order valence-electron chi connectivity index (χ2n) is 10.5. The summed E-state index contributed by atoms with van der Waals surface area (Å²) in [6, 6.07) is 17.0. The number of carbonyl (C=O) groups is 2. The first-order chi connectivity index (χ1) is 20.0. The van der Waals surface area contributed by atoms with Crippen molar-refractivity contribution in [1.29, 1.82) is 0 Å². The van der Waals surface area contributed by atoms with E-state index >= 15 is 0 Å². The molecule has 42 heavy (non-hydrogen) atoms. The lowest BCUT2D eigenvalue weighted by molar-refractivity contribution is -0.140. The third kappa shape index (κ3) is 7.78. The standard InChI is InChI=1S/C31H34Cl3N3O4S/c1-3-29(31(39)35-24-6-4-5-7-24)36(19-22-10-12-23(32)13-11-22)30(38)20-37(25-14-17-27(33)28(34)18-25)42(40,41)26-15-8-21(2)9-16-26/h8-18,24,29H,3-7,19-20H2,1-2H3,(H,35,39). The molecule has 11 heteroatoms. The van der Waals surface area contributed by atoms with E-state index in [0.29, 0.717) is 11.4 Å². The predicted octanol–water partition coefficient (Wildman–Crippen LogP) is 7.02. The van der Waals surface area contributed by atoms with Gasteiger partial charge in [0.2, 0.25) is 11.8 Å². The van der Waals surface area contributed by atoms with Gasteiger partial charge in [-0.3, -0.25) is 13.9 Å². The molecule has 0 radical (unpaired) electrons. The van der Waals surface area contributed by atoms with Gasteiger partial charge in [0.05, 0.1) is 20.6 Å². The maximum absolute atomic E-state index is 14.2. The molecule has 0 bridgehead atoms. The topological polar surface area (TPSA) is 86.8 Å². The molecular formula is C31H34Cl3N3O4S. The lowest BCUT2D eigenvalue weighted by Crippen LogP contribution is -2.53. The number of rotatable bonds is 11. The zero-order valence-corrected chi connectivity index (χ0v) is 26.6. The number of halogens is 3. The minimum atomic E-state index is -4.21. The number of hydrogen-bond acceptors (Lipinski definition) is 4. The first-order valence-corrected chi connectivity index (χ1v) is 16.5. The predicted molar refractivity (Wildman–Crippen MR) is 169 cm³/mol. The van der Waals surface area contributed by atoms with Crippen LogP contribution in [0, 0.1) is 6.92 Å². The van der Waals surface area contributed by atoms with Crippen molar-refractivity contribution in [2.45, 2.75) is 69.5 Å². The second kappa shape index (κ2) is 14.1. The van der Waals surface area contributed by atoms with Crippen molar-refractivity contribution in [3.63, 3.8) is 0 Å². The van der Waals surface area contributed by atoms with E-state index in [0.717, 1.165) is 41.1 Å². The second-order valence-corrected chi connectivity index (χ2v) is 13.6. The zero-order valence-electron chi connectivity index (χ0n) is 23.5. The highest BCUT2D eigenvalue weighted by atomic mass is 35.5. The Labute approximate surface area is 262 Å². The van der Waals surface area contributed by atoms with Crippen molar-refractivity contribution in [1.82, 2.24) is 10.2 Å². The summed E-state index contributed by atoms with van der Waals surface area (Å²) in [6.45, 7) is 3.22.